The van der Waals surface area contributed by atoms with E-state index in [1.165, 1.54) is 0 Å². The predicted octanol–water partition coefficient (Wildman–Crippen LogP) is 1.44. The first-order chi connectivity index (χ1) is 9.73. The first-order valence-corrected chi connectivity index (χ1v) is 9.49. The second-order valence-corrected chi connectivity index (χ2v) is 8.74. The van der Waals surface area contributed by atoms with Crippen molar-refractivity contribution in [2.24, 2.45) is 0 Å². The number of hydrogen-bond acceptors (Lipinski definition) is 4. The highest BCUT2D eigenvalue weighted by molar-refractivity contribution is 7.89. The van der Waals surface area contributed by atoms with Crippen molar-refractivity contribution < 1.29 is 22.5 Å². The zero-order valence-corrected chi connectivity index (χ0v) is 13.7. The van der Waals surface area contributed by atoms with Crippen molar-refractivity contribution in [3.05, 3.63) is 27.7 Å². The Labute approximate surface area is 134 Å². The smallest absolute Gasteiger partial charge is 0.337 e. The molecule has 1 aromatic carbocycles. The second-order valence-electron chi connectivity index (χ2n) is 4.32. The van der Waals surface area contributed by atoms with Gasteiger partial charge in [-0.3, -0.25) is 4.21 Å². The van der Waals surface area contributed by atoms with Gasteiger partial charge in [-0.15, -0.1) is 0 Å². The third kappa shape index (κ3) is 3.40. The standard InChI is InChI=1S/C11H11Cl2NO5S2/c12-8-6-9(13)10(5-7(8)11(15)16)21(18,19)14-1-3-20(17)4-2-14/h5-6H,1-4H2,(H,15,16). The van der Waals surface area contributed by atoms with E-state index >= 15 is 0 Å². The molecule has 0 unspecified atom stereocenters. The molecule has 1 aliphatic heterocycles. The molecule has 2 rings (SSSR count). The largest absolute Gasteiger partial charge is 0.478 e. The number of carboxylic acid groups (broad SMARTS) is 1. The van der Waals surface area contributed by atoms with Crippen LogP contribution in [0.25, 0.3) is 0 Å². The average molecular weight is 372 g/mol. The van der Waals surface area contributed by atoms with Gasteiger partial charge in [-0.25, -0.2) is 13.2 Å². The average Bonchev–Trinajstić information content (AvgIpc) is 2.38. The van der Waals surface area contributed by atoms with Crippen LogP contribution in [0.2, 0.25) is 10.0 Å². The van der Waals surface area contributed by atoms with Crippen molar-refractivity contribution >= 4 is 50.0 Å². The molecule has 1 N–H and O–H groups in total. The Balaban J connectivity index is 2.47. The summed E-state index contributed by atoms with van der Waals surface area (Å²) in [5.74, 6) is -0.847. The van der Waals surface area contributed by atoms with E-state index in [0.717, 1.165) is 16.4 Å². The van der Waals surface area contributed by atoms with E-state index in [1.54, 1.807) is 0 Å². The summed E-state index contributed by atoms with van der Waals surface area (Å²) in [4.78, 5) is 10.7. The predicted molar refractivity (Wildman–Crippen MR) is 80.1 cm³/mol. The van der Waals surface area contributed by atoms with Gasteiger partial charge < -0.3 is 5.11 Å². The summed E-state index contributed by atoms with van der Waals surface area (Å²) in [6.45, 7) is 0.215. The van der Waals surface area contributed by atoms with E-state index in [-0.39, 0.29) is 45.1 Å². The number of carbonyl (C=O) groups is 1. The molecule has 21 heavy (non-hydrogen) atoms. The van der Waals surface area contributed by atoms with Crippen LogP contribution in [0, 0.1) is 0 Å². The molecule has 1 heterocycles. The molecule has 1 aromatic rings. The number of hydrogen-bond donors (Lipinski definition) is 1. The highest BCUT2D eigenvalue weighted by Crippen LogP contribution is 2.31. The quantitative estimate of drug-likeness (QED) is 0.867. The number of benzene rings is 1. The Morgan fingerprint density at radius 2 is 1.76 bits per heavy atom. The lowest BCUT2D eigenvalue weighted by molar-refractivity contribution is 0.0697. The highest BCUT2D eigenvalue weighted by atomic mass is 35.5. The van der Waals surface area contributed by atoms with Gasteiger partial charge in [0.15, 0.2) is 0 Å². The van der Waals surface area contributed by atoms with Crippen LogP contribution in [0.15, 0.2) is 17.0 Å². The fourth-order valence-electron chi connectivity index (χ4n) is 1.89. The third-order valence-electron chi connectivity index (χ3n) is 3.01. The minimum Gasteiger partial charge on any atom is -0.478 e. The topological polar surface area (TPSA) is 91.8 Å². The van der Waals surface area contributed by atoms with Crippen molar-refractivity contribution in [3.8, 4) is 0 Å². The lowest BCUT2D eigenvalue weighted by Crippen LogP contribution is -2.41. The number of halogens is 2. The summed E-state index contributed by atoms with van der Waals surface area (Å²) in [5.41, 5.74) is -0.333. The van der Waals surface area contributed by atoms with Gasteiger partial charge >= 0.3 is 5.97 Å². The van der Waals surface area contributed by atoms with E-state index in [9.17, 15) is 17.4 Å². The van der Waals surface area contributed by atoms with Gasteiger partial charge in [0, 0.05) is 35.4 Å². The Morgan fingerprint density at radius 1 is 1.19 bits per heavy atom. The molecule has 0 bridgehead atoms. The van der Waals surface area contributed by atoms with Gasteiger partial charge in [-0.1, -0.05) is 23.2 Å². The SMILES string of the molecule is O=C(O)c1cc(S(=O)(=O)N2CCS(=O)CC2)c(Cl)cc1Cl. The molecule has 1 aliphatic rings. The van der Waals surface area contributed by atoms with Gasteiger partial charge in [0.2, 0.25) is 10.0 Å². The third-order valence-corrected chi connectivity index (χ3v) is 6.96. The molecule has 0 atom stereocenters. The van der Waals surface area contributed by atoms with E-state index in [1.807, 2.05) is 0 Å². The summed E-state index contributed by atoms with van der Waals surface area (Å²) in [6.07, 6.45) is 0. The molecule has 0 spiro atoms. The molecule has 0 amide bonds. The van der Waals surface area contributed by atoms with E-state index in [0.29, 0.717) is 0 Å². The van der Waals surface area contributed by atoms with Crippen molar-refractivity contribution in [1.82, 2.24) is 4.31 Å². The summed E-state index contributed by atoms with van der Waals surface area (Å²) in [5, 5.41) is 8.74. The maximum atomic E-state index is 12.5. The minimum absolute atomic E-state index is 0.107. The molecule has 0 aromatic heterocycles. The summed E-state index contributed by atoms with van der Waals surface area (Å²) in [6, 6.07) is 2.05. The Kier molecular flexibility index (Phi) is 4.94. The van der Waals surface area contributed by atoms with Crippen LogP contribution in [-0.2, 0) is 20.8 Å². The maximum absolute atomic E-state index is 12.5. The number of aromatic carboxylic acids is 1. The van der Waals surface area contributed by atoms with Crippen molar-refractivity contribution in [2.75, 3.05) is 24.6 Å². The van der Waals surface area contributed by atoms with Crippen LogP contribution >= 0.6 is 23.2 Å². The monoisotopic (exact) mass is 371 g/mol. The van der Waals surface area contributed by atoms with E-state index in [2.05, 4.69) is 0 Å². The van der Waals surface area contributed by atoms with Crippen LogP contribution in [0.1, 0.15) is 10.4 Å². The lowest BCUT2D eigenvalue weighted by Gasteiger charge is -2.26. The molecule has 0 radical (unpaired) electrons. The molecule has 10 heteroatoms. The van der Waals surface area contributed by atoms with Crippen LogP contribution in [-0.4, -0.2) is 52.6 Å². The molecular weight excluding hydrogens is 361 g/mol. The van der Waals surface area contributed by atoms with Gasteiger partial charge in [0.05, 0.1) is 15.6 Å². The first kappa shape index (κ1) is 16.7. The summed E-state index contributed by atoms with van der Waals surface area (Å²) < 4.78 is 37.5. The first-order valence-electron chi connectivity index (χ1n) is 5.81. The van der Waals surface area contributed by atoms with Crippen LogP contribution in [0.4, 0.5) is 0 Å². The minimum atomic E-state index is -3.94. The number of nitrogens with zero attached hydrogens (tertiary/aromatic N) is 1. The number of sulfonamides is 1. The van der Waals surface area contributed by atoms with Crippen LogP contribution in [0.5, 0.6) is 0 Å². The lowest BCUT2D eigenvalue weighted by atomic mass is 10.2. The Bertz CT molecular complexity index is 710. The van der Waals surface area contributed by atoms with Crippen molar-refractivity contribution in [1.29, 1.82) is 0 Å². The molecule has 1 fully saturated rings. The van der Waals surface area contributed by atoms with Gasteiger partial charge in [-0.2, -0.15) is 4.31 Å². The molecule has 0 saturated carbocycles. The maximum Gasteiger partial charge on any atom is 0.337 e. The zero-order chi connectivity index (χ0) is 15.8. The van der Waals surface area contributed by atoms with Crippen molar-refractivity contribution in [3.63, 3.8) is 0 Å². The van der Waals surface area contributed by atoms with E-state index < -0.39 is 26.8 Å². The molecule has 6 nitrogen and oxygen atoms in total. The van der Waals surface area contributed by atoms with Crippen LogP contribution in [0.3, 0.4) is 0 Å². The van der Waals surface area contributed by atoms with Crippen LogP contribution < -0.4 is 0 Å². The molecule has 1 saturated heterocycles. The molecular formula is C11H11Cl2NO5S2. The van der Waals surface area contributed by atoms with Gasteiger partial charge in [0.1, 0.15) is 4.90 Å². The molecule has 0 aliphatic carbocycles. The molecule has 116 valence electrons. The fourth-order valence-corrected chi connectivity index (χ4v) is 5.44. The highest BCUT2D eigenvalue weighted by Gasteiger charge is 2.31. The fraction of sp³-hybridized carbons (Fsp3) is 0.364. The summed E-state index contributed by atoms with van der Waals surface area (Å²) >= 11 is 11.6. The van der Waals surface area contributed by atoms with E-state index in [4.69, 9.17) is 28.3 Å². The van der Waals surface area contributed by atoms with Gasteiger partial charge in [-0.05, 0) is 12.1 Å². The number of rotatable bonds is 3. The normalized spacial score (nSPS) is 17.8. The van der Waals surface area contributed by atoms with Gasteiger partial charge in [0.25, 0.3) is 0 Å². The number of carboxylic acids is 1. The summed E-state index contributed by atoms with van der Waals surface area (Å²) in [7, 11) is -4.97. The Morgan fingerprint density at radius 3 is 2.29 bits per heavy atom. The zero-order valence-electron chi connectivity index (χ0n) is 10.6. The Hall–Kier alpha value is -0.670. The van der Waals surface area contributed by atoms with Crippen molar-refractivity contribution in [2.45, 2.75) is 4.90 Å². The second kappa shape index (κ2) is 6.21.